The van der Waals surface area contributed by atoms with Gasteiger partial charge in [0.2, 0.25) is 0 Å². The third-order valence-corrected chi connectivity index (χ3v) is 10.3. The lowest BCUT2D eigenvalue weighted by molar-refractivity contribution is -0.143. The minimum atomic E-state index is -1.13. The molecular formula is C39H44N4O5. The quantitative estimate of drug-likeness (QED) is 0.154. The maximum atomic E-state index is 14.1. The summed E-state index contributed by atoms with van der Waals surface area (Å²) in [7, 11) is 1.30. The van der Waals surface area contributed by atoms with E-state index in [1.807, 2.05) is 39.0 Å². The highest BCUT2D eigenvalue weighted by atomic mass is 16.5. The van der Waals surface area contributed by atoms with Crippen molar-refractivity contribution >= 4 is 47.6 Å². The molecule has 4 N–H and O–H groups in total. The summed E-state index contributed by atoms with van der Waals surface area (Å²) < 4.78 is 10.7. The zero-order chi connectivity index (χ0) is 34.6. The number of methoxy groups -OCH3 is 1. The van der Waals surface area contributed by atoms with Crippen LogP contribution >= 0.6 is 0 Å². The van der Waals surface area contributed by atoms with Crippen LogP contribution in [0.2, 0.25) is 0 Å². The summed E-state index contributed by atoms with van der Waals surface area (Å²) in [6.45, 7) is 18.5. The lowest BCUT2D eigenvalue weighted by atomic mass is 9.85. The van der Waals surface area contributed by atoms with Crippen molar-refractivity contribution in [2.24, 2.45) is 17.8 Å². The van der Waals surface area contributed by atoms with Gasteiger partial charge in [-0.3, -0.25) is 14.4 Å². The second kappa shape index (κ2) is 12.5. The molecule has 3 aliphatic rings. The summed E-state index contributed by atoms with van der Waals surface area (Å²) in [6, 6.07) is 0. The van der Waals surface area contributed by atoms with E-state index in [9.17, 15) is 14.4 Å². The van der Waals surface area contributed by atoms with Crippen molar-refractivity contribution < 1.29 is 23.9 Å². The number of H-pyrrole nitrogens is 3. The third kappa shape index (κ3) is 5.41. The van der Waals surface area contributed by atoms with Crippen LogP contribution < -0.4 is 16.0 Å². The van der Waals surface area contributed by atoms with Crippen LogP contribution in [0.3, 0.4) is 0 Å². The maximum Gasteiger partial charge on any atom is 0.321 e. The molecule has 0 amide bonds. The molecule has 0 aromatic carbocycles. The van der Waals surface area contributed by atoms with E-state index in [1.54, 1.807) is 0 Å². The van der Waals surface area contributed by atoms with E-state index in [4.69, 9.17) is 9.47 Å². The average Bonchev–Trinajstić information content (AvgIpc) is 3.78. The van der Waals surface area contributed by atoms with Gasteiger partial charge in [0.15, 0.2) is 5.78 Å². The Morgan fingerprint density at radius 1 is 0.917 bits per heavy atom. The van der Waals surface area contributed by atoms with E-state index < -0.39 is 11.9 Å². The van der Waals surface area contributed by atoms with Crippen molar-refractivity contribution in [3.63, 3.8) is 0 Å². The number of rotatable bonds is 7. The van der Waals surface area contributed by atoms with Gasteiger partial charge in [0.05, 0.1) is 12.8 Å². The number of esters is 2. The first-order valence-corrected chi connectivity index (χ1v) is 16.5. The fourth-order valence-corrected chi connectivity index (χ4v) is 7.27. The number of carbonyl (C=O) groups is 3. The zero-order valence-electron chi connectivity index (χ0n) is 29.0. The molecule has 3 aromatic heterocycles. The Kier molecular flexibility index (Phi) is 8.58. The van der Waals surface area contributed by atoms with E-state index in [-0.39, 0.29) is 36.6 Å². The van der Waals surface area contributed by atoms with E-state index in [0.717, 1.165) is 72.6 Å². The van der Waals surface area contributed by atoms with Gasteiger partial charge in [-0.15, -0.1) is 0 Å². The summed E-state index contributed by atoms with van der Waals surface area (Å²) in [5.41, 5.74) is 12.0. The molecule has 9 nitrogen and oxygen atoms in total. The normalized spacial score (nSPS) is 23.3. The molecule has 8 bridgehead atoms. The van der Waals surface area contributed by atoms with Crippen molar-refractivity contribution in [1.82, 2.24) is 20.3 Å². The van der Waals surface area contributed by atoms with Gasteiger partial charge < -0.3 is 29.7 Å². The van der Waals surface area contributed by atoms with Gasteiger partial charge in [0.1, 0.15) is 12.5 Å². The Labute approximate surface area is 280 Å². The van der Waals surface area contributed by atoms with Crippen LogP contribution in [0.25, 0.3) is 29.9 Å². The summed E-state index contributed by atoms with van der Waals surface area (Å²) in [6.07, 6.45) is 10.6. The first-order chi connectivity index (χ1) is 22.9. The largest absolute Gasteiger partial charge is 0.468 e. The Morgan fingerprint density at radius 3 is 2.23 bits per heavy atom. The molecule has 250 valence electrons. The lowest BCUT2D eigenvalue weighted by Crippen LogP contribution is -2.25. The number of allylic oxidation sites excluding steroid dienone is 3. The lowest BCUT2D eigenvalue weighted by Gasteiger charge is -2.19. The van der Waals surface area contributed by atoms with Gasteiger partial charge in [0, 0.05) is 74.1 Å². The SMILES string of the molecule is C=Cc1c2[nH]c(c1C)/C=C1\N/C(=C3\c4[nH]c(c(C)c4C(=O)[C@@H]3C(=O)OC)/C=c3\[nH]/c(c(C)c3C)=C\2)[C@@H](CCC(=O)OCC=C(C)C)[C@@H]1C. The van der Waals surface area contributed by atoms with Gasteiger partial charge >= 0.3 is 11.9 Å². The van der Waals surface area contributed by atoms with Gasteiger partial charge in [-0.25, -0.2) is 0 Å². The van der Waals surface area contributed by atoms with Crippen LogP contribution in [0.4, 0.5) is 0 Å². The number of hydrogen-bond donors (Lipinski definition) is 4. The van der Waals surface area contributed by atoms with Crippen LogP contribution in [0.15, 0.2) is 29.6 Å². The summed E-state index contributed by atoms with van der Waals surface area (Å²) in [5.74, 6) is -2.64. The summed E-state index contributed by atoms with van der Waals surface area (Å²) >= 11 is 0. The van der Waals surface area contributed by atoms with Crippen LogP contribution in [0, 0.1) is 45.4 Å². The molecule has 0 unspecified atom stereocenters. The number of fused-ring (bicyclic) bond motifs is 7. The van der Waals surface area contributed by atoms with Crippen molar-refractivity contribution in [3.8, 4) is 0 Å². The van der Waals surface area contributed by atoms with Gasteiger partial charge in [-0.1, -0.05) is 25.2 Å². The van der Waals surface area contributed by atoms with Crippen LogP contribution in [-0.2, 0) is 19.1 Å². The summed E-state index contributed by atoms with van der Waals surface area (Å²) in [5, 5.41) is 5.54. The first-order valence-electron chi connectivity index (χ1n) is 16.5. The number of Topliss-reactive ketones (excluding diaryl/α,β-unsaturated/α-hetero) is 1. The van der Waals surface area contributed by atoms with Crippen molar-refractivity contribution in [2.75, 3.05) is 13.7 Å². The predicted octanol–water partition coefficient (Wildman–Crippen LogP) is 5.40. The molecular weight excluding hydrogens is 604 g/mol. The predicted molar refractivity (Wildman–Crippen MR) is 188 cm³/mol. The Hall–Kier alpha value is -5.05. The molecule has 0 saturated carbocycles. The van der Waals surface area contributed by atoms with Crippen LogP contribution in [0.5, 0.6) is 0 Å². The van der Waals surface area contributed by atoms with E-state index in [2.05, 4.69) is 66.7 Å². The van der Waals surface area contributed by atoms with Gasteiger partial charge in [-0.05, 0) is 94.5 Å². The van der Waals surface area contributed by atoms with Crippen molar-refractivity contribution in [3.05, 3.63) is 96.5 Å². The van der Waals surface area contributed by atoms with Gasteiger partial charge in [-0.2, -0.15) is 0 Å². The molecule has 1 aliphatic carbocycles. The number of aromatic amines is 3. The number of ether oxygens (including phenoxy) is 2. The average molecular weight is 649 g/mol. The zero-order valence-corrected chi connectivity index (χ0v) is 29.0. The second-order valence-corrected chi connectivity index (χ2v) is 13.4. The molecule has 6 rings (SSSR count). The molecule has 2 aliphatic heterocycles. The van der Waals surface area contributed by atoms with E-state index in [0.29, 0.717) is 23.3 Å². The standard InChI is InChI=1S/C39H44N4O5/c1-10-24-21(6)28-16-29-22(7)25(11-12-32(44)48-14-13-18(2)3)36(42-29)34-35(39(46)47-9)38(45)33-23(8)30(43-37(33)34)15-26-19(4)20(5)27(40-26)17-31(24)41-28/h10,13,15-17,22,25,35,40-43H,1,11-12,14H2,2-9H3/b26-15-,27-17-,29-16-,36-34-/t22-,25-,35+/m0/s1. The van der Waals surface area contributed by atoms with Crippen LogP contribution in [0.1, 0.15) is 94.6 Å². The monoisotopic (exact) mass is 648 g/mol. The maximum absolute atomic E-state index is 14.1. The molecule has 0 spiro atoms. The first kappa shape index (κ1) is 32.9. The highest BCUT2D eigenvalue weighted by molar-refractivity contribution is 6.24. The molecule has 1 fully saturated rings. The second-order valence-electron chi connectivity index (χ2n) is 13.4. The number of nitrogens with one attached hydrogen (secondary N) is 4. The number of hydrogen-bond acceptors (Lipinski definition) is 6. The van der Waals surface area contributed by atoms with E-state index in [1.165, 1.54) is 7.11 Å². The highest BCUT2D eigenvalue weighted by Gasteiger charge is 2.48. The smallest absolute Gasteiger partial charge is 0.321 e. The number of carbonyl (C=O) groups excluding carboxylic acids is 3. The minimum Gasteiger partial charge on any atom is -0.468 e. The number of ketones is 1. The molecule has 1 saturated heterocycles. The van der Waals surface area contributed by atoms with E-state index >= 15 is 0 Å². The molecule has 48 heavy (non-hydrogen) atoms. The fourth-order valence-electron chi connectivity index (χ4n) is 7.27. The minimum absolute atomic E-state index is 0.0777. The topological polar surface area (TPSA) is 129 Å². The Morgan fingerprint density at radius 2 is 1.58 bits per heavy atom. The molecule has 0 radical (unpaired) electrons. The molecule has 3 atom stereocenters. The van der Waals surface area contributed by atoms with Crippen molar-refractivity contribution in [2.45, 2.75) is 61.3 Å². The Bertz CT molecular complexity index is 2110. The molecule has 9 heteroatoms. The number of aromatic nitrogens is 3. The molecule has 3 aromatic rings. The Balaban J connectivity index is 1.61. The fraction of sp³-hybridized carbons (Fsp3) is 0.359. The molecule has 5 heterocycles. The van der Waals surface area contributed by atoms with Crippen LogP contribution in [-0.4, -0.2) is 46.4 Å². The van der Waals surface area contributed by atoms with Gasteiger partial charge in [0.25, 0.3) is 0 Å². The third-order valence-electron chi connectivity index (χ3n) is 10.3. The highest BCUT2D eigenvalue weighted by Crippen LogP contribution is 2.48. The van der Waals surface area contributed by atoms with Crippen molar-refractivity contribution in [1.29, 1.82) is 0 Å². The summed E-state index contributed by atoms with van der Waals surface area (Å²) in [4.78, 5) is 51.1.